The Morgan fingerprint density at radius 3 is 2.80 bits per heavy atom. The molecule has 1 aromatic carbocycles. The van der Waals surface area contributed by atoms with Crippen molar-refractivity contribution < 1.29 is 4.79 Å². The van der Waals surface area contributed by atoms with E-state index < -0.39 is 0 Å². The van der Waals surface area contributed by atoms with Crippen molar-refractivity contribution in [2.45, 2.75) is 26.7 Å². The monoisotopic (exact) mass is 307 g/mol. The second-order valence-corrected chi connectivity index (χ2v) is 6.52. The Morgan fingerprint density at radius 2 is 2.15 bits per heavy atom. The van der Waals surface area contributed by atoms with Crippen LogP contribution in [0.25, 0.3) is 11.3 Å². The Kier molecular flexibility index (Phi) is 3.18. The standard InChI is InChI=1S/C14H14ClN3OS/c1-6-11(15)9(13-7(2)20-14(16)18-13)5-8-3-4-10(19)17-12(6)8/h5H,3-4H2,1-2H3,(H2,16,18)(H,17,19). The number of hydrogen-bond donors (Lipinski definition) is 2. The summed E-state index contributed by atoms with van der Waals surface area (Å²) in [6.07, 6.45) is 1.23. The van der Waals surface area contributed by atoms with Crippen molar-refractivity contribution in [2.24, 2.45) is 0 Å². The molecule has 2 aromatic rings. The molecule has 20 heavy (non-hydrogen) atoms. The number of hydrogen-bond acceptors (Lipinski definition) is 4. The molecule has 3 N–H and O–H groups in total. The normalized spacial score (nSPS) is 14.1. The van der Waals surface area contributed by atoms with Gasteiger partial charge in [-0.05, 0) is 37.5 Å². The highest BCUT2D eigenvalue weighted by Gasteiger charge is 2.22. The lowest BCUT2D eigenvalue weighted by Gasteiger charge is -2.21. The van der Waals surface area contributed by atoms with Gasteiger partial charge in [0.25, 0.3) is 0 Å². The molecule has 0 saturated carbocycles. The van der Waals surface area contributed by atoms with E-state index in [4.69, 9.17) is 17.3 Å². The van der Waals surface area contributed by atoms with Crippen LogP contribution in [-0.2, 0) is 11.2 Å². The zero-order valence-electron chi connectivity index (χ0n) is 11.2. The minimum absolute atomic E-state index is 0.0403. The minimum Gasteiger partial charge on any atom is -0.375 e. The lowest BCUT2D eigenvalue weighted by atomic mass is 9.95. The van der Waals surface area contributed by atoms with E-state index in [2.05, 4.69) is 10.3 Å². The number of thiazole rings is 1. The third-order valence-corrected chi connectivity index (χ3v) is 4.82. The molecule has 1 aromatic heterocycles. The molecule has 1 aliphatic heterocycles. The van der Waals surface area contributed by atoms with Gasteiger partial charge in [-0.25, -0.2) is 4.98 Å². The number of benzene rings is 1. The van der Waals surface area contributed by atoms with Crippen molar-refractivity contribution in [3.8, 4) is 11.3 Å². The zero-order chi connectivity index (χ0) is 14.4. The summed E-state index contributed by atoms with van der Waals surface area (Å²) in [5.74, 6) is 0.0403. The Labute approximate surface area is 126 Å². The van der Waals surface area contributed by atoms with Gasteiger partial charge in [0.05, 0.1) is 10.7 Å². The molecule has 104 valence electrons. The van der Waals surface area contributed by atoms with Crippen LogP contribution in [-0.4, -0.2) is 10.9 Å². The number of carbonyl (C=O) groups is 1. The molecule has 3 rings (SSSR count). The molecular formula is C14H14ClN3OS. The van der Waals surface area contributed by atoms with Gasteiger partial charge >= 0.3 is 0 Å². The van der Waals surface area contributed by atoms with Gasteiger partial charge in [-0.1, -0.05) is 11.6 Å². The van der Waals surface area contributed by atoms with Crippen molar-refractivity contribution in [3.63, 3.8) is 0 Å². The second-order valence-electron chi connectivity index (χ2n) is 4.90. The summed E-state index contributed by atoms with van der Waals surface area (Å²) in [7, 11) is 0. The van der Waals surface area contributed by atoms with Crippen LogP contribution >= 0.6 is 22.9 Å². The third kappa shape index (κ3) is 2.07. The van der Waals surface area contributed by atoms with E-state index in [0.717, 1.165) is 39.4 Å². The first-order valence-electron chi connectivity index (χ1n) is 6.32. The molecule has 0 radical (unpaired) electrons. The van der Waals surface area contributed by atoms with Gasteiger partial charge < -0.3 is 11.1 Å². The Morgan fingerprint density at radius 1 is 1.40 bits per heavy atom. The molecule has 4 nitrogen and oxygen atoms in total. The van der Waals surface area contributed by atoms with Crippen molar-refractivity contribution in [1.82, 2.24) is 4.98 Å². The number of halogens is 1. The summed E-state index contributed by atoms with van der Waals surface area (Å²) in [6, 6.07) is 2.02. The van der Waals surface area contributed by atoms with Crippen LogP contribution in [0, 0.1) is 13.8 Å². The predicted molar refractivity (Wildman–Crippen MR) is 83.4 cm³/mol. The topological polar surface area (TPSA) is 68.0 Å². The Hall–Kier alpha value is -1.59. The summed E-state index contributed by atoms with van der Waals surface area (Å²) in [4.78, 5) is 16.9. The van der Waals surface area contributed by atoms with E-state index in [1.807, 2.05) is 19.9 Å². The van der Waals surface area contributed by atoms with Crippen molar-refractivity contribution in [2.75, 3.05) is 11.1 Å². The molecule has 0 fully saturated rings. The van der Waals surface area contributed by atoms with Crippen molar-refractivity contribution in [3.05, 3.63) is 27.1 Å². The molecule has 0 aliphatic carbocycles. The highest BCUT2D eigenvalue weighted by Crippen LogP contribution is 2.41. The fraction of sp³-hybridized carbons (Fsp3) is 0.286. The number of aryl methyl sites for hydroxylation is 2. The van der Waals surface area contributed by atoms with Crippen molar-refractivity contribution >= 4 is 39.7 Å². The fourth-order valence-electron chi connectivity index (χ4n) is 2.52. The van der Waals surface area contributed by atoms with Gasteiger partial charge in [0.2, 0.25) is 5.91 Å². The molecule has 1 amide bonds. The average molecular weight is 308 g/mol. The van der Waals surface area contributed by atoms with Crippen molar-refractivity contribution in [1.29, 1.82) is 0 Å². The first-order chi connectivity index (χ1) is 9.47. The second kappa shape index (κ2) is 4.75. The first kappa shape index (κ1) is 13.4. The van der Waals surface area contributed by atoms with Crippen LogP contribution < -0.4 is 11.1 Å². The number of nitrogen functional groups attached to an aromatic ring is 1. The smallest absolute Gasteiger partial charge is 0.224 e. The van der Waals surface area contributed by atoms with Gasteiger partial charge in [-0.3, -0.25) is 4.79 Å². The number of amides is 1. The molecule has 0 spiro atoms. The van der Waals surface area contributed by atoms with Gasteiger partial charge in [0.15, 0.2) is 5.13 Å². The van der Waals surface area contributed by atoms with E-state index >= 15 is 0 Å². The Balaban J connectivity index is 2.21. The van der Waals surface area contributed by atoms with Gasteiger partial charge in [-0.15, -0.1) is 11.3 Å². The van der Waals surface area contributed by atoms with Gasteiger partial charge in [0.1, 0.15) is 0 Å². The lowest BCUT2D eigenvalue weighted by molar-refractivity contribution is -0.116. The van der Waals surface area contributed by atoms with Crippen LogP contribution in [0.1, 0.15) is 22.4 Å². The quantitative estimate of drug-likeness (QED) is 0.846. The van der Waals surface area contributed by atoms with E-state index in [-0.39, 0.29) is 5.91 Å². The molecule has 0 saturated heterocycles. The molecule has 2 heterocycles. The third-order valence-electron chi connectivity index (χ3n) is 3.53. The van der Waals surface area contributed by atoms with Gasteiger partial charge in [-0.2, -0.15) is 0 Å². The highest BCUT2D eigenvalue weighted by molar-refractivity contribution is 7.15. The summed E-state index contributed by atoms with van der Waals surface area (Å²) in [5, 5.41) is 4.07. The maximum absolute atomic E-state index is 11.5. The van der Waals surface area contributed by atoms with Crippen LogP contribution in [0.5, 0.6) is 0 Å². The number of nitrogens with two attached hydrogens (primary N) is 1. The molecule has 1 aliphatic rings. The van der Waals surface area contributed by atoms with E-state index in [9.17, 15) is 4.79 Å². The lowest BCUT2D eigenvalue weighted by Crippen LogP contribution is -2.20. The summed E-state index contributed by atoms with van der Waals surface area (Å²) >= 11 is 7.92. The van der Waals surface area contributed by atoms with Crippen LogP contribution in [0.4, 0.5) is 10.8 Å². The Bertz CT molecular complexity index is 724. The summed E-state index contributed by atoms with van der Waals surface area (Å²) in [5.41, 5.74) is 10.3. The number of anilines is 2. The summed E-state index contributed by atoms with van der Waals surface area (Å²) < 4.78 is 0. The number of rotatable bonds is 1. The highest BCUT2D eigenvalue weighted by atomic mass is 35.5. The van der Waals surface area contributed by atoms with E-state index in [1.165, 1.54) is 11.3 Å². The molecule has 0 unspecified atom stereocenters. The average Bonchev–Trinajstić information content (AvgIpc) is 2.73. The minimum atomic E-state index is 0.0403. The molecule has 0 atom stereocenters. The molecule has 0 bridgehead atoms. The first-order valence-corrected chi connectivity index (χ1v) is 7.52. The number of carbonyl (C=O) groups excluding carboxylic acids is 1. The molecule has 6 heteroatoms. The van der Waals surface area contributed by atoms with Gasteiger partial charge in [0, 0.05) is 22.5 Å². The fourth-order valence-corrected chi connectivity index (χ4v) is 3.46. The number of fused-ring (bicyclic) bond motifs is 1. The SMILES string of the molecule is Cc1sc(N)nc1-c1cc2c(c(C)c1Cl)NC(=O)CC2. The zero-order valence-corrected chi connectivity index (χ0v) is 12.8. The van der Waals surface area contributed by atoms with Crippen LogP contribution in [0.3, 0.4) is 0 Å². The largest absolute Gasteiger partial charge is 0.375 e. The predicted octanol–water partition coefficient (Wildman–Crippen LogP) is 3.55. The maximum Gasteiger partial charge on any atom is 0.224 e. The van der Waals surface area contributed by atoms with E-state index in [1.54, 1.807) is 0 Å². The van der Waals surface area contributed by atoms with Crippen LogP contribution in [0.2, 0.25) is 5.02 Å². The van der Waals surface area contributed by atoms with E-state index in [0.29, 0.717) is 16.6 Å². The maximum atomic E-state index is 11.5. The number of nitrogens with zero attached hydrogens (tertiary/aromatic N) is 1. The molecular weight excluding hydrogens is 294 g/mol. The van der Waals surface area contributed by atoms with Crippen LogP contribution in [0.15, 0.2) is 6.07 Å². The number of nitrogens with one attached hydrogen (secondary N) is 1. The number of aromatic nitrogens is 1. The summed E-state index contributed by atoms with van der Waals surface area (Å²) in [6.45, 7) is 3.90.